The second kappa shape index (κ2) is 9.22. The summed E-state index contributed by atoms with van der Waals surface area (Å²) < 4.78 is 5.22. The fraction of sp³-hybridized carbons (Fsp3) is 0.409. The normalized spacial score (nSPS) is 16.9. The number of nitrogens with zero attached hydrogens (tertiary/aromatic N) is 4. The Morgan fingerprint density at radius 1 is 0.968 bits per heavy atom. The predicted molar refractivity (Wildman–Crippen MR) is 118 cm³/mol. The second-order valence-corrected chi connectivity index (χ2v) is 7.79. The van der Waals surface area contributed by atoms with Crippen molar-refractivity contribution in [3.63, 3.8) is 0 Å². The van der Waals surface area contributed by atoms with Crippen LogP contribution in [0.15, 0.2) is 42.5 Å². The van der Waals surface area contributed by atoms with Crippen molar-refractivity contribution in [3.8, 4) is 5.75 Å². The monoisotopic (exact) mass is 426 g/mol. The number of ether oxygens (including phenoxy) is 1. The van der Waals surface area contributed by atoms with Crippen molar-refractivity contribution >= 4 is 23.0 Å². The van der Waals surface area contributed by atoms with E-state index in [1.165, 1.54) is 12.1 Å². The molecule has 2 aromatic rings. The Labute approximate surface area is 181 Å². The second-order valence-electron chi connectivity index (χ2n) is 7.79. The van der Waals surface area contributed by atoms with E-state index in [0.717, 1.165) is 43.3 Å². The predicted octanol–water partition coefficient (Wildman–Crippen LogP) is 0.949. The molecule has 0 atom stereocenters. The van der Waals surface area contributed by atoms with Gasteiger partial charge in [-0.3, -0.25) is 14.9 Å². The molecule has 31 heavy (non-hydrogen) atoms. The summed E-state index contributed by atoms with van der Waals surface area (Å²) in [4.78, 5) is 30.5. The van der Waals surface area contributed by atoms with Crippen LogP contribution in [0.5, 0.6) is 5.75 Å². The van der Waals surface area contributed by atoms with Crippen LogP contribution in [0.2, 0.25) is 0 Å². The third-order valence-electron chi connectivity index (χ3n) is 5.97. The number of non-ortho nitro benzene ring substituents is 1. The van der Waals surface area contributed by atoms with E-state index >= 15 is 0 Å². The average Bonchev–Trinajstić information content (AvgIpc) is 2.84. The Kier molecular flexibility index (Phi) is 6.22. The van der Waals surface area contributed by atoms with Gasteiger partial charge in [0.05, 0.1) is 49.5 Å². The van der Waals surface area contributed by atoms with E-state index in [-0.39, 0.29) is 11.6 Å². The standard InChI is InChI=1S/C22H27N5O4/c1-31-19-5-2-17(3-6-19)24-12-14-26(15-13-24)22(28)20-16-18(27(29)30)4-7-21(20)25-10-8-23-9-11-25/h2-7,16,23H,8-15H2,1H3/p+1. The quantitative estimate of drug-likeness (QED) is 0.565. The van der Waals surface area contributed by atoms with Crippen LogP contribution < -0.4 is 19.9 Å². The van der Waals surface area contributed by atoms with E-state index < -0.39 is 4.92 Å². The van der Waals surface area contributed by atoms with Gasteiger partial charge in [-0.1, -0.05) is 0 Å². The van der Waals surface area contributed by atoms with Crippen molar-refractivity contribution < 1.29 is 19.8 Å². The number of benzene rings is 2. The largest absolute Gasteiger partial charge is 0.497 e. The van der Waals surface area contributed by atoms with E-state index in [1.807, 2.05) is 24.3 Å². The summed E-state index contributed by atoms with van der Waals surface area (Å²) in [5, 5.41) is 13.6. The van der Waals surface area contributed by atoms with E-state index in [2.05, 4.69) is 15.1 Å². The third kappa shape index (κ3) is 4.56. The number of carbonyl (C=O) groups excluding carboxylic acids is 1. The van der Waals surface area contributed by atoms with Crippen molar-refractivity contribution in [1.29, 1.82) is 0 Å². The molecule has 0 radical (unpaired) electrons. The van der Waals surface area contributed by atoms with Gasteiger partial charge in [-0.15, -0.1) is 0 Å². The molecule has 0 aromatic heterocycles. The molecular formula is C22H28N5O4+. The maximum Gasteiger partial charge on any atom is 0.270 e. The molecule has 2 heterocycles. The highest BCUT2D eigenvalue weighted by molar-refractivity contribution is 6.00. The van der Waals surface area contributed by atoms with E-state index in [1.54, 1.807) is 18.1 Å². The molecule has 2 saturated heterocycles. The van der Waals surface area contributed by atoms with E-state index in [0.29, 0.717) is 31.7 Å². The number of hydrogen-bond acceptors (Lipinski definition) is 6. The van der Waals surface area contributed by atoms with Gasteiger partial charge in [-0.25, -0.2) is 0 Å². The summed E-state index contributed by atoms with van der Waals surface area (Å²) in [6, 6.07) is 12.5. The Morgan fingerprint density at radius 3 is 2.26 bits per heavy atom. The fourth-order valence-electron chi connectivity index (χ4n) is 4.21. The van der Waals surface area contributed by atoms with Crippen LogP contribution in [0.4, 0.5) is 17.1 Å². The van der Waals surface area contributed by atoms with Crippen LogP contribution >= 0.6 is 0 Å². The zero-order valence-electron chi connectivity index (χ0n) is 17.7. The number of amides is 1. The van der Waals surface area contributed by atoms with Gasteiger partial charge in [-0.2, -0.15) is 0 Å². The van der Waals surface area contributed by atoms with E-state index in [4.69, 9.17) is 4.74 Å². The molecule has 0 bridgehead atoms. The first-order chi connectivity index (χ1) is 15.1. The zero-order valence-corrected chi connectivity index (χ0v) is 17.7. The molecule has 164 valence electrons. The van der Waals surface area contributed by atoms with Gasteiger partial charge in [-0.05, 0) is 30.3 Å². The minimum atomic E-state index is -0.438. The van der Waals surface area contributed by atoms with Crippen molar-refractivity contribution in [2.75, 3.05) is 69.3 Å². The van der Waals surface area contributed by atoms with Gasteiger partial charge in [0.25, 0.3) is 11.6 Å². The summed E-state index contributed by atoms with van der Waals surface area (Å²) in [7, 11) is 1.64. The van der Waals surface area contributed by atoms with Gasteiger partial charge in [0.15, 0.2) is 0 Å². The molecule has 4 rings (SSSR count). The highest BCUT2D eigenvalue weighted by atomic mass is 16.6. The van der Waals surface area contributed by atoms with Crippen molar-refractivity contribution in [2.24, 2.45) is 0 Å². The van der Waals surface area contributed by atoms with Gasteiger partial charge < -0.3 is 24.8 Å². The maximum atomic E-state index is 13.4. The van der Waals surface area contributed by atoms with Crippen LogP contribution in [-0.2, 0) is 0 Å². The highest BCUT2D eigenvalue weighted by Gasteiger charge is 2.28. The van der Waals surface area contributed by atoms with Gasteiger partial charge in [0.1, 0.15) is 5.75 Å². The molecule has 0 saturated carbocycles. The lowest BCUT2D eigenvalue weighted by Crippen LogP contribution is -2.89. The number of hydrogen-bond donors (Lipinski definition) is 1. The summed E-state index contributed by atoms with van der Waals surface area (Å²) in [5.74, 6) is 0.675. The molecule has 2 fully saturated rings. The Morgan fingerprint density at radius 2 is 1.65 bits per heavy atom. The van der Waals surface area contributed by atoms with Crippen molar-refractivity contribution in [2.45, 2.75) is 0 Å². The van der Waals surface area contributed by atoms with Gasteiger partial charge in [0.2, 0.25) is 0 Å². The minimum absolute atomic E-state index is 0.0486. The maximum absolute atomic E-state index is 13.4. The van der Waals surface area contributed by atoms with Crippen LogP contribution in [0, 0.1) is 10.1 Å². The van der Waals surface area contributed by atoms with Crippen LogP contribution in [-0.4, -0.2) is 75.2 Å². The van der Waals surface area contributed by atoms with Gasteiger partial charge >= 0.3 is 0 Å². The number of quaternary nitrogens is 1. The first-order valence-corrected chi connectivity index (χ1v) is 10.6. The summed E-state index contributed by atoms with van der Waals surface area (Å²) in [5.41, 5.74) is 2.26. The van der Waals surface area contributed by atoms with E-state index in [9.17, 15) is 14.9 Å². The number of methoxy groups -OCH3 is 1. The molecular weight excluding hydrogens is 398 g/mol. The Bertz CT molecular complexity index is 935. The fourth-order valence-corrected chi connectivity index (χ4v) is 4.21. The first-order valence-electron chi connectivity index (χ1n) is 10.6. The molecule has 9 nitrogen and oxygen atoms in total. The topological polar surface area (TPSA) is 95.8 Å². The Balaban J connectivity index is 1.50. The molecule has 2 aromatic carbocycles. The van der Waals surface area contributed by atoms with Crippen molar-refractivity contribution in [3.05, 3.63) is 58.1 Å². The number of carbonyl (C=O) groups is 1. The Hall–Kier alpha value is -3.33. The molecule has 0 unspecified atom stereocenters. The summed E-state index contributed by atoms with van der Waals surface area (Å²) >= 11 is 0. The number of anilines is 2. The molecule has 2 aliphatic rings. The summed E-state index contributed by atoms with van der Waals surface area (Å²) in [6.45, 7) is 6.10. The van der Waals surface area contributed by atoms with Crippen molar-refractivity contribution in [1.82, 2.24) is 4.90 Å². The number of nitro benzene ring substituents is 1. The zero-order chi connectivity index (χ0) is 21.8. The molecule has 0 spiro atoms. The van der Waals surface area contributed by atoms with Crippen LogP contribution in [0.25, 0.3) is 0 Å². The third-order valence-corrected chi connectivity index (χ3v) is 5.97. The minimum Gasteiger partial charge on any atom is -0.497 e. The lowest BCUT2D eigenvalue weighted by atomic mass is 10.1. The number of nitrogens with two attached hydrogens (primary N) is 1. The molecule has 1 amide bonds. The molecule has 2 aliphatic heterocycles. The van der Waals surface area contributed by atoms with Gasteiger partial charge in [0, 0.05) is 44.0 Å². The highest BCUT2D eigenvalue weighted by Crippen LogP contribution is 2.28. The number of nitro groups is 1. The molecule has 9 heteroatoms. The first kappa shape index (κ1) is 20.9. The smallest absolute Gasteiger partial charge is 0.270 e. The molecule has 0 aliphatic carbocycles. The number of rotatable bonds is 5. The average molecular weight is 426 g/mol. The molecule has 2 N–H and O–H groups in total. The van der Waals surface area contributed by atoms with Crippen LogP contribution in [0.1, 0.15) is 10.4 Å². The summed E-state index contributed by atoms with van der Waals surface area (Å²) in [6.07, 6.45) is 0. The lowest BCUT2D eigenvalue weighted by Gasteiger charge is -2.37. The lowest BCUT2D eigenvalue weighted by molar-refractivity contribution is -0.655. The van der Waals surface area contributed by atoms with Crippen LogP contribution in [0.3, 0.4) is 0 Å². The SMILES string of the molecule is COc1ccc(N2CCN(C(=O)c3cc([N+](=O)[O-])ccc3N3CC[NH2+]CC3)CC2)cc1. The number of piperazine rings is 2.